The van der Waals surface area contributed by atoms with E-state index in [2.05, 4.69) is 10.5 Å². The third-order valence-corrected chi connectivity index (χ3v) is 3.32. The first-order chi connectivity index (χ1) is 9.71. The number of ether oxygens (including phenoxy) is 2. The molecule has 0 saturated carbocycles. The van der Waals surface area contributed by atoms with E-state index in [0.717, 1.165) is 17.0 Å². The Kier molecular flexibility index (Phi) is 4.60. The van der Waals surface area contributed by atoms with Crippen molar-refractivity contribution in [2.75, 3.05) is 14.2 Å². The Hall–Kier alpha value is -2.05. The molecule has 1 aromatic carbocycles. The van der Waals surface area contributed by atoms with Crippen LogP contribution < -0.4 is 20.7 Å². The summed E-state index contributed by atoms with van der Waals surface area (Å²) in [6.07, 6.45) is 2.36. The molecule has 108 valence electrons. The highest BCUT2D eigenvalue weighted by atomic mass is 16.5. The molecule has 6 heteroatoms. The lowest BCUT2D eigenvalue weighted by Crippen LogP contribution is -2.31. The minimum Gasteiger partial charge on any atom is -0.496 e. The Morgan fingerprint density at radius 3 is 2.60 bits per heavy atom. The zero-order chi connectivity index (χ0) is 14.5. The van der Waals surface area contributed by atoms with Gasteiger partial charge in [0.25, 0.3) is 0 Å². The van der Waals surface area contributed by atoms with Gasteiger partial charge in [0.15, 0.2) is 5.75 Å². The van der Waals surface area contributed by atoms with Gasteiger partial charge in [0.1, 0.15) is 5.75 Å². The van der Waals surface area contributed by atoms with E-state index < -0.39 is 0 Å². The van der Waals surface area contributed by atoms with Crippen molar-refractivity contribution in [3.05, 3.63) is 41.7 Å². The largest absolute Gasteiger partial charge is 0.496 e. The number of para-hydroxylation sites is 1. The molecule has 1 atom stereocenters. The number of rotatable bonds is 6. The van der Waals surface area contributed by atoms with E-state index >= 15 is 0 Å². The van der Waals surface area contributed by atoms with E-state index in [0.29, 0.717) is 12.2 Å². The van der Waals surface area contributed by atoms with E-state index in [1.54, 1.807) is 25.1 Å². The van der Waals surface area contributed by atoms with Crippen molar-refractivity contribution < 1.29 is 9.47 Å². The van der Waals surface area contributed by atoms with E-state index in [-0.39, 0.29) is 6.04 Å². The van der Waals surface area contributed by atoms with Crippen molar-refractivity contribution in [1.29, 1.82) is 0 Å². The van der Waals surface area contributed by atoms with E-state index in [4.69, 9.17) is 15.3 Å². The molecule has 0 aliphatic heterocycles. The number of benzene rings is 1. The van der Waals surface area contributed by atoms with Crippen LogP contribution in [0.1, 0.15) is 17.3 Å². The third kappa shape index (κ3) is 2.76. The Morgan fingerprint density at radius 1 is 1.25 bits per heavy atom. The van der Waals surface area contributed by atoms with Gasteiger partial charge in [0.2, 0.25) is 0 Å². The maximum atomic E-state index is 5.71. The summed E-state index contributed by atoms with van der Waals surface area (Å²) in [5, 5.41) is 4.21. The summed E-state index contributed by atoms with van der Waals surface area (Å²) < 4.78 is 12.5. The van der Waals surface area contributed by atoms with Crippen molar-refractivity contribution in [3.63, 3.8) is 0 Å². The summed E-state index contributed by atoms with van der Waals surface area (Å²) >= 11 is 0. The summed E-state index contributed by atoms with van der Waals surface area (Å²) in [6, 6.07) is 7.76. The second-order valence-corrected chi connectivity index (χ2v) is 4.46. The lowest BCUT2D eigenvalue weighted by Gasteiger charge is -2.19. The van der Waals surface area contributed by atoms with E-state index in [1.165, 1.54) is 0 Å². The second-order valence-electron chi connectivity index (χ2n) is 4.46. The minimum absolute atomic E-state index is 0.117. The molecule has 0 fully saturated rings. The predicted molar refractivity (Wildman–Crippen MR) is 76.5 cm³/mol. The SMILES string of the molecule is COc1ccccc1CC(NN)c1c(OC)cnn1C. The molecule has 2 aromatic rings. The first kappa shape index (κ1) is 14.4. The monoisotopic (exact) mass is 276 g/mol. The van der Waals surface area contributed by atoms with Crippen molar-refractivity contribution in [3.8, 4) is 11.5 Å². The molecular weight excluding hydrogens is 256 g/mol. The van der Waals surface area contributed by atoms with Gasteiger partial charge >= 0.3 is 0 Å². The Labute approximate surface area is 118 Å². The quantitative estimate of drug-likeness (QED) is 0.612. The van der Waals surface area contributed by atoms with Gasteiger partial charge < -0.3 is 9.47 Å². The molecule has 0 bridgehead atoms. The van der Waals surface area contributed by atoms with Gasteiger partial charge in [-0.2, -0.15) is 5.10 Å². The molecule has 0 aliphatic carbocycles. The summed E-state index contributed by atoms with van der Waals surface area (Å²) in [5.41, 5.74) is 4.80. The van der Waals surface area contributed by atoms with Crippen LogP contribution in [0.4, 0.5) is 0 Å². The van der Waals surface area contributed by atoms with Crippen LogP contribution in [0.2, 0.25) is 0 Å². The standard InChI is InChI=1S/C14H20N4O2/c1-18-14(13(20-3)9-16-18)11(17-15)8-10-6-4-5-7-12(10)19-2/h4-7,9,11,17H,8,15H2,1-3H3. The fraction of sp³-hybridized carbons (Fsp3) is 0.357. The lowest BCUT2D eigenvalue weighted by atomic mass is 10.0. The normalized spacial score (nSPS) is 12.2. The first-order valence-electron chi connectivity index (χ1n) is 6.35. The fourth-order valence-electron chi connectivity index (χ4n) is 2.31. The molecule has 1 unspecified atom stereocenters. The maximum Gasteiger partial charge on any atom is 0.161 e. The summed E-state index contributed by atoms with van der Waals surface area (Å²) in [4.78, 5) is 0. The highest BCUT2D eigenvalue weighted by Gasteiger charge is 2.21. The van der Waals surface area contributed by atoms with Crippen LogP contribution in [0, 0.1) is 0 Å². The molecule has 1 aromatic heterocycles. The third-order valence-electron chi connectivity index (χ3n) is 3.32. The molecule has 0 saturated heterocycles. The van der Waals surface area contributed by atoms with Crippen LogP contribution in [0.15, 0.2) is 30.5 Å². The number of aryl methyl sites for hydroxylation is 1. The summed E-state index contributed by atoms with van der Waals surface area (Å²) in [7, 11) is 5.15. The number of hydrogen-bond acceptors (Lipinski definition) is 5. The highest BCUT2D eigenvalue weighted by Crippen LogP contribution is 2.29. The molecule has 6 nitrogen and oxygen atoms in total. The maximum absolute atomic E-state index is 5.71. The second kappa shape index (κ2) is 6.40. The number of hydrazine groups is 1. The average molecular weight is 276 g/mol. The number of nitrogens with two attached hydrogens (primary N) is 1. The minimum atomic E-state index is -0.117. The van der Waals surface area contributed by atoms with Crippen molar-refractivity contribution in [2.45, 2.75) is 12.5 Å². The molecule has 0 spiro atoms. The molecule has 2 rings (SSSR count). The molecule has 20 heavy (non-hydrogen) atoms. The highest BCUT2D eigenvalue weighted by molar-refractivity contribution is 5.36. The van der Waals surface area contributed by atoms with Gasteiger partial charge in [0.05, 0.1) is 32.2 Å². The molecular formula is C14H20N4O2. The smallest absolute Gasteiger partial charge is 0.161 e. The number of nitrogens with zero attached hydrogens (tertiary/aromatic N) is 2. The van der Waals surface area contributed by atoms with Crippen molar-refractivity contribution in [1.82, 2.24) is 15.2 Å². The molecule has 1 heterocycles. The summed E-state index contributed by atoms with van der Waals surface area (Å²) in [5.74, 6) is 7.26. The number of hydrogen-bond donors (Lipinski definition) is 2. The summed E-state index contributed by atoms with van der Waals surface area (Å²) in [6.45, 7) is 0. The first-order valence-corrected chi connectivity index (χ1v) is 6.35. The van der Waals surface area contributed by atoms with E-state index in [1.807, 2.05) is 31.3 Å². The van der Waals surface area contributed by atoms with Crippen LogP contribution >= 0.6 is 0 Å². The van der Waals surface area contributed by atoms with Crippen LogP contribution in [-0.2, 0) is 13.5 Å². The molecule has 0 radical (unpaired) electrons. The number of methoxy groups -OCH3 is 2. The van der Waals surface area contributed by atoms with Gasteiger partial charge in [-0.15, -0.1) is 0 Å². The Balaban J connectivity index is 2.31. The van der Waals surface area contributed by atoms with Gasteiger partial charge in [-0.25, -0.2) is 0 Å². The fourth-order valence-corrected chi connectivity index (χ4v) is 2.31. The van der Waals surface area contributed by atoms with E-state index in [9.17, 15) is 0 Å². The van der Waals surface area contributed by atoms with Crippen LogP contribution in [-0.4, -0.2) is 24.0 Å². The predicted octanol–water partition coefficient (Wildman–Crippen LogP) is 1.18. The van der Waals surface area contributed by atoms with Crippen molar-refractivity contribution >= 4 is 0 Å². The zero-order valence-corrected chi connectivity index (χ0v) is 12.0. The van der Waals surface area contributed by atoms with Crippen molar-refractivity contribution in [2.24, 2.45) is 12.9 Å². The van der Waals surface area contributed by atoms with Crippen LogP contribution in [0.3, 0.4) is 0 Å². The van der Waals surface area contributed by atoms with Gasteiger partial charge in [-0.05, 0) is 18.1 Å². The lowest BCUT2D eigenvalue weighted by molar-refractivity contribution is 0.388. The zero-order valence-electron chi connectivity index (χ0n) is 12.0. The van der Waals surface area contributed by atoms with Crippen LogP contribution in [0.5, 0.6) is 11.5 Å². The molecule has 0 aliphatic rings. The van der Waals surface area contributed by atoms with Crippen LogP contribution in [0.25, 0.3) is 0 Å². The van der Waals surface area contributed by atoms with Gasteiger partial charge in [-0.1, -0.05) is 18.2 Å². The van der Waals surface area contributed by atoms with Gasteiger partial charge in [-0.3, -0.25) is 16.0 Å². The Bertz CT molecular complexity index is 568. The topological polar surface area (TPSA) is 74.3 Å². The molecule has 3 N–H and O–H groups in total. The average Bonchev–Trinajstić information content (AvgIpc) is 2.86. The number of nitrogens with one attached hydrogen (secondary N) is 1. The number of aromatic nitrogens is 2. The van der Waals surface area contributed by atoms with Gasteiger partial charge in [0, 0.05) is 7.05 Å². The Morgan fingerprint density at radius 2 is 1.95 bits per heavy atom. The molecule has 0 amide bonds.